The van der Waals surface area contributed by atoms with Crippen LogP contribution in [0.1, 0.15) is 23.4 Å². The Morgan fingerprint density at radius 1 is 1.29 bits per heavy atom. The number of rotatable bonds is 6. The van der Waals surface area contributed by atoms with Crippen molar-refractivity contribution in [2.24, 2.45) is 0 Å². The molecule has 0 aliphatic carbocycles. The molecule has 0 saturated heterocycles. The van der Waals surface area contributed by atoms with E-state index in [1.807, 2.05) is 37.6 Å². The molecule has 1 aromatic heterocycles. The van der Waals surface area contributed by atoms with E-state index in [-0.39, 0.29) is 6.04 Å². The average Bonchev–Trinajstić information content (AvgIpc) is 3.00. The van der Waals surface area contributed by atoms with E-state index in [0.29, 0.717) is 11.4 Å². The highest BCUT2D eigenvalue weighted by atomic mass is 32.2. The highest BCUT2D eigenvalue weighted by molar-refractivity contribution is 7.89. The van der Waals surface area contributed by atoms with E-state index in [1.54, 1.807) is 36.6 Å². The molecule has 1 unspecified atom stereocenters. The molecule has 0 fully saturated rings. The average molecular weight is 324 g/mol. The zero-order valence-electron chi connectivity index (χ0n) is 12.4. The van der Waals surface area contributed by atoms with Crippen molar-refractivity contribution in [1.82, 2.24) is 9.62 Å². The minimum atomic E-state index is -3.49. The first-order valence-electron chi connectivity index (χ1n) is 6.72. The lowest BCUT2D eigenvalue weighted by molar-refractivity contribution is 0.403. The summed E-state index contributed by atoms with van der Waals surface area (Å²) in [5.41, 5.74) is 0.954. The van der Waals surface area contributed by atoms with Crippen LogP contribution in [0.4, 0.5) is 0 Å². The van der Waals surface area contributed by atoms with Crippen molar-refractivity contribution in [2.75, 3.05) is 14.1 Å². The van der Waals surface area contributed by atoms with Gasteiger partial charge < -0.3 is 5.32 Å². The van der Waals surface area contributed by atoms with E-state index in [9.17, 15) is 8.42 Å². The van der Waals surface area contributed by atoms with Crippen molar-refractivity contribution < 1.29 is 8.42 Å². The summed E-state index contributed by atoms with van der Waals surface area (Å²) < 4.78 is 26.9. The Labute approximate surface area is 130 Å². The molecule has 21 heavy (non-hydrogen) atoms. The molecule has 1 heterocycles. The van der Waals surface area contributed by atoms with Gasteiger partial charge in [0.1, 0.15) is 0 Å². The molecule has 0 spiro atoms. The normalized spacial score (nSPS) is 13.5. The van der Waals surface area contributed by atoms with Gasteiger partial charge >= 0.3 is 0 Å². The van der Waals surface area contributed by atoms with E-state index in [1.165, 1.54) is 4.31 Å². The fourth-order valence-electron chi connectivity index (χ4n) is 2.10. The monoisotopic (exact) mass is 324 g/mol. The fourth-order valence-corrected chi connectivity index (χ4v) is 4.41. The van der Waals surface area contributed by atoms with E-state index in [2.05, 4.69) is 5.32 Å². The van der Waals surface area contributed by atoms with Crippen molar-refractivity contribution in [1.29, 1.82) is 0 Å². The Kier molecular flexibility index (Phi) is 5.16. The fraction of sp³-hybridized carbons (Fsp3) is 0.333. The highest BCUT2D eigenvalue weighted by Gasteiger charge is 2.26. The van der Waals surface area contributed by atoms with Crippen molar-refractivity contribution in [2.45, 2.75) is 24.4 Å². The molecule has 1 aromatic carbocycles. The van der Waals surface area contributed by atoms with E-state index in [0.717, 1.165) is 10.4 Å². The maximum atomic E-state index is 12.7. The van der Waals surface area contributed by atoms with Gasteiger partial charge in [0.25, 0.3) is 0 Å². The molecule has 1 atom stereocenters. The Balaban J connectivity index is 2.30. The number of hydrogen-bond donors (Lipinski definition) is 1. The third kappa shape index (κ3) is 3.52. The molecule has 1 N–H and O–H groups in total. The van der Waals surface area contributed by atoms with Crippen molar-refractivity contribution in [3.8, 4) is 0 Å². The molecule has 4 nitrogen and oxygen atoms in total. The highest BCUT2D eigenvalue weighted by Crippen LogP contribution is 2.28. The van der Waals surface area contributed by atoms with Crippen LogP contribution in [0.25, 0.3) is 0 Å². The van der Waals surface area contributed by atoms with Crippen LogP contribution in [0.5, 0.6) is 0 Å². The molecule has 2 rings (SSSR count). The van der Waals surface area contributed by atoms with Crippen molar-refractivity contribution >= 4 is 21.4 Å². The second-order valence-electron chi connectivity index (χ2n) is 4.89. The van der Waals surface area contributed by atoms with Crippen molar-refractivity contribution in [3.05, 3.63) is 52.2 Å². The molecule has 0 saturated carbocycles. The predicted octanol–water partition coefficient (Wildman–Crippen LogP) is 2.85. The quantitative estimate of drug-likeness (QED) is 0.889. The Bertz CT molecular complexity index is 681. The third-order valence-electron chi connectivity index (χ3n) is 3.46. The minimum Gasteiger partial charge on any atom is -0.316 e. The molecule has 0 amide bonds. The number of nitrogens with zero attached hydrogens (tertiary/aromatic N) is 1. The lowest BCUT2D eigenvalue weighted by Gasteiger charge is -2.23. The van der Waals surface area contributed by atoms with E-state index in [4.69, 9.17) is 0 Å². The van der Waals surface area contributed by atoms with Crippen LogP contribution in [0.15, 0.2) is 46.7 Å². The van der Waals surface area contributed by atoms with Crippen LogP contribution >= 0.6 is 11.3 Å². The Morgan fingerprint density at radius 3 is 2.67 bits per heavy atom. The molecule has 0 aliphatic heterocycles. The van der Waals surface area contributed by atoms with Gasteiger partial charge in [0.2, 0.25) is 10.0 Å². The summed E-state index contributed by atoms with van der Waals surface area (Å²) in [6, 6.07) is 10.8. The lowest BCUT2D eigenvalue weighted by Crippen LogP contribution is -2.29. The van der Waals surface area contributed by atoms with Gasteiger partial charge in [-0.3, -0.25) is 0 Å². The van der Waals surface area contributed by atoms with Gasteiger partial charge in [0, 0.05) is 18.5 Å². The van der Waals surface area contributed by atoms with Gasteiger partial charge in [-0.25, -0.2) is 8.42 Å². The molecule has 2 aromatic rings. The standard InChI is InChI=1S/C15H20N2O2S2/c1-12(15-8-5-9-20-15)17(3)21(18,19)14-7-4-6-13(10-14)11-16-2/h4-10,12,16H,11H2,1-3H3. The van der Waals surface area contributed by atoms with E-state index >= 15 is 0 Å². The van der Waals surface area contributed by atoms with E-state index < -0.39 is 10.0 Å². The first-order valence-corrected chi connectivity index (χ1v) is 9.03. The van der Waals surface area contributed by atoms with Crippen LogP contribution in [0, 0.1) is 0 Å². The molecule has 114 valence electrons. The summed E-state index contributed by atoms with van der Waals surface area (Å²) >= 11 is 1.57. The second kappa shape index (κ2) is 6.70. The summed E-state index contributed by atoms with van der Waals surface area (Å²) in [6.45, 7) is 2.55. The Hall–Kier alpha value is -1.21. The summed E-state index contributed by atoms with van der Waals surface area (Å²) in [5, 5.41) is 4.99. The summed E-state index contributed by atoms with van der Waals surface area (Å²) in [4.78, 5) is 1.37. The zero-order chi connectivity index (χ0) is 15.5. The SMILES string of the molecule is CNCc1cccc(S(=O)(=O)N(C)C(C)c2cccs2)c1. The van der Waals surface area contributed by atoms with Gasteiger partial charge in [-0.05, 0) is 43.1 Å². The van der Waals surface area contributed by atoms with Crippen LogP contribution in [0.2, 0.25) is 0 Å². The van der Waals surface area contributed by atoms with Crippen LogP contribution in [0.3, 0.4) is 0 Å². The Morgan fingerprint density at radius 2 is 2.05 bits per heavy atom. The van der Waals surface area contributed by atoms with Gasteiger partial charge in [0.05, 0.1) is 10.9 Å². The first kappa shape index (κ1) is 16.2. The molecule has 0 bridgehead atoms. The minimum absolute atomic E-state index is 0.178. The lowest BCUT2D eigenvalue weighted by atomic mass is 10.2. The van der Waals surface area contributed by atoms with Gasteiger partial charge in [0.15, 0.2) is 0 Å². The number of hydrogen-bond acceptors (Lipinski definition) is 4. The van der Waals surface area contributed by atoms with Crippen molar-refractivity contribution in [3.63, 3.8) is 0 Å². The number of nitrogens with one attached hydrogen (secondary N) is 1. The number of sulfonamides is 1. The third-order valence-corrected chi connectivity index (χ3v) is 6.42. The van der Waals surface area contributed by atoms with Gasteiger partial charge in [-0.15, -0.1) is 11.3 Å². The predicted molar refractivity (Wildman–Crippen MR) is 86.9 cm³/mol. The number of thiophene rings is 1. The molecular formula is C15H20N2O2S2. The summed E-state index contributed by atoms with van der Waals surface area (Å²) in [5.74, 6) is 0. The maximum absolute atomic E-state index is 12.7. The maximum Gasteiger partial charge on any atom is 0.243 e. The first-order chi connectivity index (χ1) is 9.96. The van der Waals surface area contributed by atoms with Gasteiger partial charge in [-0.2, -0.15) is 4.31 Å². The second-order valence-corrected chi connectivity index (χ2v) is 7.87. The smallest absolute Gasteiger partial charge is 0.243 e. The molecule has 0 radical (unpaired) electrons. The number of benzene rings is 1. The van der Waals surface area contributed by atoms with Crippen LogP contribution < -0.4 is 5.32 Å². The molecule has 0 aliphatic rings. The zero-order valence-corrected chi connectivity index (χ0v) is 14.0. The van der Waals surface area contributed by atoms with Gasteiger partial charge in [-0.1, -0.05) is 18.2 Å². The summed E-state index contributed by atoms with van der Waals surface area (Å²) in [7, 11) is -0.0240. The molecular weight excluding hydrogens is 304 g/mol. The van der Waals surface area contributed by atoms with Crippen LogP contribution in [-0.4, -0.2) is 26.8 Å². The largest absolute Gasteiger partial charge is 0.316 e. The topological polar surface area (TPSA) is 49.4 Å². The molecule has 6 heteroatoms. The summed E-state index contributed by atoms with van der Waals surface area (Å²) in [6.07, 6.45) is 0. The van der Waals surface area contributed by atoms with Crippen LogP contribution in [-0.2, 0) is 16.6 Å².